The number of benzene rings is 1. The zero-order chi connectivity index (χ0) is 12.7. The number of halogens is 3. The average molecular weight is 319 g/mol. The molecule has 0 saturated heterocycles. The number of thiophene rings is 1. The van der Waals surface area contributed by atoms with E-state index in [-0.39, 0.29) is 0 Å². The van der Waals surface area contributed by atoms with Crippen LogP contribution in [0.3, 0.4) is 0 Å². The van der Waals surface area contributed by atoms with Crippen molar-refractivity contribution in [2.45, 2.75) is 18.9 Å². The molecular weight excluding hydrogens is 309 g/mol. The van der Waals surface area contributed by atoms with Gasteiger partial charge in [0.15, 0.2) is 0 Å². The SMILES string of the molecule is Clc1cc(Cl)cc(NC2CCc3sc(Cl)cc32)c1. The van der Waals surface area contributed by atoms with Crippen molar-refractivity contribution in [2.75, 3.05) is 5.32 Å². The molecule has 1 nitrogen and oxygen atoms in total. The molecule has 1 aliphatic carbocycles. The largest absolute Gasteiger partial charge is 0.378 e. The molecule has 94 valence electrons. The van der Waals surface area contributed by atoms with Crippen molar-refractivity contribution in [3.63, 3.8) is 0 Å². The lowest BCUT2D eigenvalue weighted by molar-refractivity contribution is 0.762. The lowest BCUT2D eigenvalue weighted by atomic mass is 10.1. The molecule has 18 heavy (non-hydrogen) atoms. The Morgan fingerprint density at radius 2 is 1.78 bits per heavy atom. The van der Waals surface area contributed by atoms with E-state index in [1.54, 1.807) is 17.4 Å². The summed E-state index contributed by atoms with van der Waals surface area (Å²) in [5.41, 5.74) is 2.26. The minimum absolute atomic E-state index is 0.304. The van der Waals surface area contributed by atoms with Gasteiger partial charge in [0.1, 0.15) is 0 Å². The van der Waals surface area contributed by atoms with Crippen LogP contribution in [-0.4, -0.2) is 0 Å². The van der Waals surface area contributed by atoms with Crippen LogP contribution in [0.5, 0.6) is 0 Å². The first-order valence-corrected chi connectivity index (χ1v) is 7.57. The molecule has 0 amide bonds. The molecule has 0 bridgehead atoms. The third-order valence-corrected chi connectivity index (χ3v) is 4.83. The summed E-state index contributed by atoms with van der Waals surface area (Å²) >= 11 is 19.7. The van der Waals surface area contributed by atoms with Crippen LogP contribution >= 0.6 is 46.1 Å². The number of anilines is 1. The van der Waals surface area contributed by atoms with E-state index in [0.717, 1.165) is 22.9 Å². The maximum absolute atomic E-state index is 6.05. The molecule has 0 aliphatic heterocycles. The molecule has 2 aromatic rings. The lowest BCUT2D eigenvalue weighted by Crippen LogP contribution is -2.06. The van der Waals surface area contributed by atoms with Crippen LogP contribution in [-0.2, 0) is 6.42 Å². The maximum Gasteiger partial charge on any atom is 0.0934 e. The topological polar surface area (TPSA) is 12.0 Å². The van der Waals surface area contributed by atoms with E-state index < -0.39 is 0 Å². The van der Waals surface area contributed by atoms with Crippen molar-refractivity contribution in [1.29, 1.82) is 0 Å². The van der Waals surface area contributed by atoms with Gasteiger partial charge in [0.2, 0.25) is 0 Å². The van der Waals surface area contributed by atoms with Gasteiger partial charge in [0, 0.05) is 20.6 Å². The molecule has 1 heterocycles. The Bertz CT molecular complexity index is 574. The molecule has 5 heteroatoms. The van der Waals surface area contributed by atoms with Gasteiger partial charge < -0.3 is 5.32 Å². The molecule has 1 atom stereocenters. The van der Waals surface area contributed by atoms with Gasteiger partial charge in [-0.05, 0) is 42.7 Å². The molecule has 1 aromatic carbocycles. The van der Waals surface area contributed by atoms with E-state index in [0.29, 0.717) is 16.1 Å². The molecule has 0 spiro atoms. The molecule has 1 N–H and O–H groups in total. The van der Waals surface area contributed by atoms with Crippen LogP contribution in [0.25, 0.3) is 0 Å². The number of rotatable bonds is 2. The zero-order valence-corrected chi connectivity index (χ0v) is 12.4. The first-order valence-electron chi connectivity index (χ1n) is 5.62. The van der Waals surface area contributed by atoms with E-state index in [9.17, 15) is 0 Å². The van der Waals surface area contributed by atoms with Crippen LogP contribution in [0.1, 0.15) is 22.9 Å². The fourth-order valence-electron chi connectivity index (χ4n) is 2.32. The van der Waals surface area contributed by atoms with Gasteiger partial charge in [-0.15, -0.1) is 11.3 Å². The summed E-state index contributed by atoms with van der Waals surface area (Å²) in [6.07, 6.45) is 2.17. The van der Waals surface area contributed by atoms with Gasteiger partial charge >= 0.3 is 0 Å². The van der Waals surface area contributed by atoms with Crippen molar-refractivity contribution in [3.8, 4) is 0 Å². The summed E-state index contributed by atoms with van der Waals surface area (Å²) in [5, 5.41) is 4.76. The highest BCUT2D eigenvalue weighted by Crippen LogP contribution is 2.41. The minimum atomic E-state index is 0.304. The van der Waals surface area contributed by atoms with Crippen LogP contribution in [0, 0.1) is 0 Å². The highest BCUT2D eigenvalue weighted by molar-refractivity contribution is 7.16. The Morgan fingerprint density at radius 3 is 2.50 bits per heavy atom. The Balaban J connectivity index is 1.85. The Labute approximate surface area is 125 Å². The predicted molar refractivity (Wildman–Crippen MR) is 80.5 cm³/mol. The van der Waals surface area contributed by atoms with Crippen LogP contribution < -0.4 is 5.32 Å². The van der Waals surface area contributed by atoms with Crippen molar-refractivity contribution in [2.24, 2.45) is 0 Å². The first kappa shape index (κ1) is 12.6. The van der Waals surface area contributed by atoms with Crippen molar-refractivity contribution < 1.29 is 0 Å². The highest BCUT2D eigenvalue weighted by Gasteiger charge is 2.24. The van der Waals surface area contributed by atoms with Crippen LogP contribution in [0.2, 0.25) is 14.4 Å². The monoisotopic (exact) mass is 317 g/mol. The quantitative estimate of drug-likeness (QED) is 0.737. The Kier molecular flexibility index (Phi) is 3.46. The average Bonchev–Trinajstić information content (AvgIpc) is 2.78. The molecule has 1 unspecified atom stereocenters. The number of nitrogens with one attached hydrogen (secondary N) is 1. The third-order valence-electron chi connectivity index (χ3n) is 3.05. The number of aryl methyl sites for hydroxylation is 1. The summed E-state index contributed by atoms with van der Waals surface area (Å²) in [7, 11) is 0. The van der Waals surface area contributed by atoms with Crippen LogP contribution in [0.4, 0.5) is 5.69 Å². The summed E-state index contributed by atoms with van der Waals surface area (Å²) < 4.78 is 0.857. The fourth-order valence-corrected chi connectivity index (χ4v) is 4.20. The molecule has 0 fully saturated rings. The van der Waals surface area contributed by atoms with E-state index in [4.69, 9.17) is 34.8 Å². The molecule has 0 radical (unpaired) electrons. The first-order chi connectivity index (χ1) is 8.61. The van der Waals surface area contributed by atoms with Gasteiger partial charge in [-0.25, -0.2) is 0 Å². The minimum Gasteiger partial charge on any atom is -0.378 e. The summed E-state index contributed by atoms with van der Waals surface area (Å²) in [4.78, 5) is 1.38. The number of hydrogen-bond donors (Lipinski definition) is 1. The Hall–Kier alpha value is -0.410. The predicted octanol–water partition coefficient (Wildman–Crippen LogP) is 5.81. The third kappa shape index (κ3) is 2.48. The van der Waals surface area contributed by atoms with E-state index in [2.05, 4.69) is 11.4 Å². The van der Waals surface area contributed by atoms with Crippen LogP contribution in [0.15, 0.2) is 24.3 Å². The summed E-state index contributed by atoms with van der Waals surface area (Å²) in [5.74, 6) is 0. The van der Waals surface area contributed by atoms with Crippen molar-refractivity contribution >= 4 is 51.8 Å². The van der Waals surface area contributed by atoms with E-state index in [1.807, 2.05) is 12.1 Å². The zero-order valence-electron chi connectivity index (χ0n) is 9.34. The fraction of sp³-hybridized carbons (Fsp3) is 0.231. The van der Waals surface area contributed by atoms with E-state index >= 15 is 0 Å². The molecular formula is C13H10Cl3NS. The molecule has 1 aromatic heterocycles. The van der Waals surface area contributed by atoms with Gasteiger partial charge in [-0.3, -0.25) is 0 Å². The lowest BCUT2D eigenvalue weighted by Gasteiger charge is -2.15. The molecule has 0 saturated carbocycles. The second-order valence-corrected chi connectivity index (χ2v) is 6.96. The molecule has 3 rings (SSSR count). The smallest absolute Gasteiger partial charge is 0.0934 e. The number of hydrogen-bond acceptors (Lipinski definition) is 2. The molecule has 1 aliphatic rings. The standard InChI is InChI=1S/C13H10Cl3NS/c14-7-3-8(15)5-9(4-7)17-11-1-2-12-10(11)6-13(16)18-12/h3-6,11,17H,1-2H2. The Morgan fingerprint density at radius 1 is 1.06 bits per heavy atom. The van der Waals surface area contributed by atoms with Gasteiger partial charge in [-0.2, -0.15) is 0 Å². The second kappa shape index (κ2) is 4.93. The summed E-state index contributed by atoms with van der Waals surface area (Å²) in [6.45, 7) is 0. The van der Waals surface area contributed by atoms with Gasteiger partial charge in [0.05, 0.1) is 10.4 Å². The van der Waals surface area contributed by atoms with Gasteiger partial charge in [0.25, 0.3) is 0 Å². The second-order valence-electron chi connectivity index (χ2n) is 4.32. The summed E-state index contributed by atoms with van der Waals surface area (Å²) in [6, 6.07) is 7.87. The van der Waals surface area contributed by atoms with Crippen molar-refractivity contribution in [3.05, 3.63) is 49.1 Å². The van der Waals surface area contributed by atoms with Gasteiger partial charge in [-0.1, -0.05) is 34.8 Å². The normalized spacial score (nSPS) is 17.8. The highest BCUT2D eigenvalue weighted by atomic mass is 35.5. The maximum atomic E-state index is 6.05. The number of fused-ring (bicyclic) bond motifs is 1. The van der Waals surface area contributed by atoms with Crippen molar-refractivity contribution in [1.82, 2.24) is 0 Å². The van der Waals surface area contributed by atoms with E-state index in [1.165, 1.54) is 10.4 Å².